The van der Waals surface area contributed by atoms with Gasteiger partial charge in [0, 0.05) is 37.8 Å². The highest BCUT2D eigenvalue weighted by molar-refractivity contribution is 7.18. The molecule has 8 heteroatoms. The van der Waals surface area contributed by atoms with Gasteiger partial charge in [0.15, 0.2) is 0 Å². The van der Waals surface area contributed by atoms with Crippen LogP contribution in [0.5, 0.6) is 11.5 Å². The van der Waals surface area contributed by atoms with Crippen LogP contribution in [0, 0.1) is 5.92 Å². The molecule has 1 saturated carbocycles. The molecule has 180 valence electrons. The van der Waals surface area contributed by atoms with Gasteiger partial charge in [0.25, 0.3) is 5.91 Å². The number of nitrogens with one attached hydrogen (secondary N) is 1. The molecule has 3 aromatic rings. The zero-order valence-corrected chi connectivity index (χ0v) is 20.2. The first-order chi connectivity index (χ1) is 16.6. The van der Waals surface area contributed by atoms with E-state index in [1.165, 1.54) is 19.3 Å². The van der Waals surface area contributed by atoms with E-state index in [0.29, 0.717) is 29.7 Å². The van der Waals surface area contributed by atoms with E-state index in [0.717, 1.165) is 60.5 Å². The first-order valence-electron chi connectivity index (χ1n) is 12.4. The number of rotatable bonds is 8. The van der Waals surface area contributed by atoms with Gasteiger partial charge >= 0.3 is 0 Å². The van der Waals surface area contributed by atoms with Gasteiger partial charge in [-0.3, -0.25) is 9.78 Å². The van der Waals surface area contributed by atoms with Crippen LogP contribution in [0.2, 0.25) is 0 Å². The maximum absolute atomic E-state index is 12.5. The fourth-order valence-electron chi connectivity index (χ4n) is 4.91. The molecule has 2 N–H and O–H groups in total. The van der Waals surface area contributed by atoms with E-state index in [1.54, 1.807) is 29.7 Å². The molecule has 1 amide bonds. The SMILES string of the molecule is O=C(NCCN1CCCC1)c1cc(Oc2ccc3nc(C[C@@H]4CCCC[C@H]4O)sc3c2)ccn1. The summed E-state index contributed by atoms with van der Waals surface area (Å²) in [5.41, 5.74) is 1.30. The van der Waals surface area contributed by atoms with Gasteiger partial charge in [-0.1, -0.05) is 12.8 Å². The number of hydrogen-bond acceptors (Lipinski definition) is 7. The molecule has 2 aromatic heterocycles. The Kier molecular flexibility index (Phi) is 7.37. The molecule has 1 aliphatic heterocycles. The number of amides is 1. The molecular weight excluding hydrogens is 448 g/mol. The van der Waals surface area contributed by atoms with Gasteiger partial charge in [-0.15, -0.1) is 11.3 Å². The van der Waals surface area contributed by atoms with Crippen LogP contribution in [0.4, 0.5) is 0 Å². The highest BCUT2D eigenvalue weighted by atomic mass is 32.1. The summed E-state index contributed by atoms with van der Waals surface area (Å²) in [7, 11) is 0. The number of carbonyl (C=O) groups is 1. The molecule has 0 unspecified atom stereocenters. The van der Waals surface area contributed by atoms with Crippen LogP contribution in [0.3, 0.4) is 0 Å². The molecule has 1 aliphatic carbocycles. The van der Waals surface area contributed by atoms with Crippen molar-refractivity contribution in [3.05, 3.63) is 47.2 Å². The lowest BCUT2D eigenvalue weighted by Gasteiger charge is -2.26. The average Bonchev–Trinajstić information content (AvgIpc) is 3.50. The summed E-state index contributed by atoms with van der Waals surface area (Å²) < 4.78 is 7.11. The molecule has 2 atom stereocenters. The van der Waals surface area contributed by atoms with Crippen molar-refractivity contribution in [3.63, 3.8) is 0 Å². The van der Waals surface area contributed by atoms with Gasteiger partial charge in [0.05, 0.1) is 21.3 Å². The summed E-state index contributed by atoms with van der Waals surface area (Å²) in [6, 6.07) is 9.29. The number of hydrogen-bond donors (Lipinski definition) is 2. The molecule has 0 spiro atoms. The standard InChI is InChI=1S/C26H32N4O3S/c31-23-6-2-1-5-18(23)15-25-29-21-8-7-19(17-24(21)34-25)33-20-9-10-27-22(16-20)26(32)28-11-14-30-12-3-4-13-30/h7-10,16-18,23,31H,1-6,11-15H2,(H,28,32)/t18-,23+/m0/s1. The molecule has 5 rings (SSSR count). The van der Waals surface area contributed by atoms with Crippen molar-refractivity contribution >= 4 is 27.5 Å². The molecule has 3 heterocycles. The van der Waals surface area contributed by atoms with Crippen molar-refractivity contribution in [1.29, 1.82) is 0 Å². The Morgan fingerprint density at radius 3 is 2.79 bits per heavy atom. The predicted octanol–water partition coefficient (Wildman–Crippen LogP) is 4.40. The Hall–Kier alpha value is -2.55. The van der Waals surface area contributed by atoms with Crippen molar-refractivity contribution in [2.45, 2.75) is 51.0 Å². The van der Waals surface area contributed by atoms with Gasteiger partial charge in [0.1, 0.15) is 17.2 Å². The molecule has 34 heavy (non-hydrogen) atoms. The summed E-state index contributed by atoms with van der Waals surface area (Å²) in [6.45, 7) is 3.73. The number of aliphatic hydroxyl groups excluding tert-OH is 1. The Balaban J connectivity index is 1.20. The zero-order chi connectivity index (χ0) is 23.3. The normalized spacial score (nSPS) is 21.1. The van der Waals surface area contributed by atoms with E-state index in [2.05, 4.69) is 15.2 Å². The van der Waals surface area contributed by atoms with Crippen molar-refractivity contribution in [2.24, 2.45) is 5.92 Å². The Bertz CT molecular complexity index is 1130. The van der Waals surface area contributed by atoms with Gasteiger partial charge in [-0.05, 0) is 62.9 Å². The smallest absolute Gasteiger partial charge is 0.270 e. The molecule has 1 aromatic carbocycles. The van der Waals surface area contributed by atoms with Crippen LogP contribution in [-0.2, 0) is 6.42 Å². The molecule has 7 nitrogen and oxygen atoms in total. The average molecular weight is 481 g/mol. The Labute approximate surface area is 204 Å². The van der Waals surface area contributed by atoms with Gasteiger partial charge < -0.3 is 20.1 Å². The number of carbonyl (C=O) groups excluding carboxylic acids is 1. The second-order valence-electron chi connectivity index (χ2n) is 9.34. The lowest BCUT2D eigenvalue weighted by atomic mass is 9.84. The minimum atomic E-state index is -0.210. The summed E-state index contributed by atoms with van der Waals surface area (Å²) >= 11 is 1.66. The van der Waals surface area contributed by atoms with Crippen molar-refractivity contribution in [1.82, 2.24) is 20.2 Å². The topological polar surface area (TPSA) is 87.6 Å². The minimum Gasteiger partial charge on any atom is -0.457 e. The monoisotopic (exact) mass is 480 g/mol. The molecule has 1 saturated heterocycles. The van der Waals surface area contributed by atoms with E-state index < -0.39 is 0 Å². The largest absolute Gasteiger partial charge is 0.457 e. The van der Waals surface area contributed by atoms with Crippen LogP contribution in [-0.4, -0.2) is 58.2 Å². The lowest BCUT2D eigenvalue weighted by molar-refractivity contribution is 0.0700. The van der Waals surface area contributed by atoms with Crippen molar-refractivity contribution in [2.75, 3.05) is 26.2 Å². The Morgan fingerprint density at radius 1 is 1.12 bits per heavy atom. The van der Waals surface area contributed by atoms with E-state index in [1.807, 2.05) is 18.2 Å². The van der Waals surface area contributed by atoms with Crippen LogP contribution in [0.25, 0.3) is 10.2 Å². The van der Waals surface area contributed by atoms with E-state index >= 15 is 0 Å². The first kappa shape index (κ1) is 23.2. The maximum atomic E-state index is 12.5. The van der Waals surface area contributed by atoms with Crippen LogP contribution < -0.4 is 10.1 Å². The van der Waals surface area contributed by atoms with Crippen LogP contribution in [0.1, 0.15) is 54.0 Å². The fraction of sp³-hybridized carbons (Fsp3) is 0.500. The number of fused-ring (bicyclic) bond motifs is 1. The molecule has 0 radical (unpaired) electrons. The fourth-order valence-corrected chi connectivity index (χ4v) is 6.00. The highest BCUT2D eigenvalue weighted by Gasteiger charge is 2.24. The number of nitrogens with zero attached hydrogens (tertiary/aromatic N) is 3. The number of aliphatic hydroxyl groups is 1. The summed E-state index contributed by atoms with van der Waals surface area (Å²) in [4.78, 5) is 23.9. The van der Waals surface area contributed by atoms with Crippen LogP contribution in [0.15, 0.2) is 36.5 Å². The predicted molar refractivity (Wildman–Crippen MR) is 134 cm³/mol. The number of likely N-dealkylation sites (tertiary alicyclic amines) is 1. The molecule has 2 fully saturated rings. The second kappa shape index (κ2) is 10.8. The van der Waals surface area contributed by atoms with Crippen molar-refractivity contribution in [3.8, 4) is 11.5 Å². The third-order valence-corrected chi connectivity index (χ3v) is 7.86. The number of pyridine rings is 1. The summed E-state index contributed by atoms with van der Waals surface area (Å²) in [6.07, 6.45) is 8.99. The van der Waals surface area contributed by atoms with Gasteiger partial charge in [0.2, 0.25) is 0 Å². The van der Waals surface area contributed by atoms with E-state index in [9.17, 15) is 9.90 Å². The van der Waals surface area contributed by atoms with Crippen LogP contribution >= 0.6 is 11.3 Å². The maximum Gasteiger partial charge on any atom is 0.270 e. The third kappa shape index (κ3) is 5.74. The number of benzene rings is 1. The lowest BCUT2D eigenvalue weighted by Crippen LogP contribution is -2.33. The number of ether oxygens (including phenoxy) is 1. The summed E-state index contributed by atoms with van der Waals surface area (Å²) in [5, 5.41) is 14.3. The minimum absolute atomic E-state index is 0.183. The third-order valence-electron chi connectivity index (χ3n) is 6.82. The number of aromatic nitrogens is 2. The second-order valence-corrected chi connectivity index (χ2v) is 10.5. The summed E-state index contributed by atoms with van der Waals surface area (Å²) in [5.74, 6) is 1.40. The quantitative estimate of drug-likeness (QED) is 0.497. The highest BCUT2D eigenvalue weighted by Crippen LogP contribution is 2.33. The van der Waals surface area contributed by atoms with Crippen molar-refractivity contribution < 1.29 is 14.6 Å². The van der Waals surface area contributed by atoms with Gasteiger partial charge in [-0.2, -0.15) is 0 Å². The molecule has 0 bridgehead atoms. The first-order valence-corrected chi connectivity index (χ1v) is 13.2. The number of thiazole rings is 1. The van der Waals surface area contributed by atoms with E-state index in [4.69, 9.17) is 9.72 Å². The molecule has 2 aliphatic rings. The zero-order valence-electron chi connectivity index (χ0n) is 19.4. The molecular formula is C26H32N4O3S. The van der Waals surface area contributed by atoms with E-state index in [-0.39, 0.29) is 12.0 Å². The van der Waals surface area contributed by atoms with Gasteiger partial charge in [-0.25, -0.2) is 4.98 Å². The Morgan fingerprint density at radius 2 is 1.94 bits per heavy atom.